The highest BCUT2D eigenvalue weighted by molar-refractivity contribution is 5.39. The topological polar surface area (TPSA) is 27.7 Å². The number of nitrogens with zero attached hydrogens (tertiary/aromatic N) is 2. The normalized spacial score (nSPS) is 24.3. The molecule has 140 valence electrons. The molecular weight excluding hydrogens is 310 g/mol. The summed E-state index contributed by atoms with van der Waals surface area (Å²) in [6.07, 6.45) is 6.30. The number of likely N-dealkylation sites (tertiary alicyclic amines) is 1. The second kappa shape index (κ2) is 9.02. The van der Waals surface area contributed by atoms with Crippen molar-refractivity contribution in [1.29, 1.82) is 0 Å². The monoisotopic (exact) mass is 345 g/mol. The molecule has 1 fully saturated rings. The fourth-order valence-corrected chi connectivity index (χ4v) is 4.18. The molecule has 25 heavy (non-hydrogen) atoms. The summed E-state index contributed by atoms with van der Waals surface area (Å²) in [5, 5.41) is 3.73. The van der Waals surface area contributed by atoms with E-state index in [4.69, 9.17) is 4.74 Å². The van der Waals surface area contributed by atoms with Crippen LogP contribution in [0, 0.1) is 5.92 Å². The van der Waals surface area contributed by atoms with Crippen LogP contribution in [0.4, 0.5) is 0 Å². The van der Waals surface area contributed by atoms with Crippen LogP contribution in [0.2, 0.25) is 0 Å². The molecule has 1 aromatic carbocycles. The summed E-state index contributed by atoms with van der Waals surface area (Å²) in [6.45, 7) is 5.39. The maximum Gasteiger partial charge on any atom is 0.119 e. The van der Waals surface area contributed by atoms with Gasteiger partial charge in [0.25, 0.3) is 0 Å². The van der Waals surface area contributed by atoms with Crippen molar-refractivity contribution in [3.8, 4) is 5.75 Å². The van der Waals surface area contributed by atoms with Gasteiger partial charge in [-0.1, -0.05) is 6.07 Å². The van der Waals surface area contributed by atoms with E-state index < -0.39 is 0 Å². The molecule has 0 aromatic heterocycles. The van der Waals surface area contributed by atoms with Crippen LogP contribution >= 0.6 is 0 Å². The lowest BCUT2D eigenvalue weighted by atomic mass is 9.87. The van der Waals surface area contributed by atoms with Gasteiger partial charge in [-0.3, -0.25) is 0 Å². The molecule has 4 heteroatoms. The van der Waals surface area contributed by atoms with Crippen molar-refractivity contribution in [2.45, 2.75) is 38.1 Å². The van der Waals surface area contributed by atoms with Gasteiger partial charge in [-0.25, -0.2) is 0 Å². The number of ether oxygens (including phenoxy) is 1. The standard InChI is InChI=1S/C21H35N3O/c1-23(2)13-11-22-21-8-4-7-18-14-19(9-10-20(18)21)25-16-17-6-5-12-24(3)15-17/h9-10,14,17,21-22H,4-8,11-13,15-16H2,1-3H3. The molecule has 0 radical (unpaired) electrons. The van der Waals surface area contributed by atoms with E-state index in [2.05, 4.69) is 54.5 Å². The number of hydrogen-bond donors (Lipinski definition) is 1. The summed E-state index contributed by atoms with van der Waals surface area (Å²) in [5.41, 5.74) is 2.96. The van der Waals surface area contributed by atoms with Gasteiger partial charge in [0.2, 0.25) is 0 Å². The Balaban J connectivity index is 1.55. The molecule has 1 aliphatic heterocycles. The minimum absolute atomic E-state index is 0.504. The van der Waals surface area contributed by atoms with Gasteiger partial charge in [0.05, 0.1) is 6.61 Å². The van der Waals surface area contributed by atoms with Crippen LogP contribution in [0.25, 0.3) is 0 Å². The Labute approximate surface area is 153 Å². The molecule has 2 aliphatic rings. The van der Waals surface area contributed by atoms with Gasteiger partial charge in [-0.05, 0) is 83.1 Å². The van der Waals surface area contributed by atoms with E-state index in [9.17, 15) is 0 Å². The van der Waals surface area contributed by atoms with Gasteiger partial charge in [-0.2, -0.15) is 0 Å². The summed E-state index contributed by atoms with van der Waals surface area (Å²) in [7, 11) is 6.48. The molecule has 0 amide bonds. The molecule has 1 aromatic rings. The van der Waals surface area contributed by atoms with Crippen LogP contribution in [-0.4, -0.2) is 63.7 Å². The van der Waals surface area contributed by atoms with E-state index in [1.165, 1.54) is 56.3 Å². The van der Waals surface area contributed by atoms with Crippen molar-refractivity contribution < 1.29 is 4.74 Å². The molecular formula is C21H35N3O. The molecule has 1 N–H and O–H groups in total. The van der Waals surface area contributed by atoms with Crippen molar-refractivity contribution in [3.63, 3.8) is 0 Å². The van der Waals surface area contributed by atoms with Gasteiger partial charge in [0.15, 0.2) is 0 Å². The number of fused-ring (bicyclic) bond motifs is 1. The average molecular weight is 346 g/mol. The van der Waals surface area contributed by atoms with E-state index in [-0.39, 0.29) is 0 Å². The largest absolute Gasteiger partial charge is 0.493 e. The summed E-state index contributed by atoms with van der Waals surface area (Å²) in [4.78, 5) is 4.66. The summed E-state index contributed by atoms with van der Waals surface area (Å²) < 4.78 is 6.15. The minimum Gasteiger partial charge on any atom is -0.493 e. The van der Waals surface area contributed by atoms with E-state index in [1.54, 1.807) is 0 Å². The first-order chi connectivity index (χ1) is 12.1. The number of benzene rings is 1. The van der Waals surface area contributed by atoms with Gasteiger partial charge in [-0.15, -0.1) is 0 Å². The Bertz CT molecular complexity index is 546. The molecule has 2 unspecified atom stereocenters. The molecule has 1 aliphatic carbocycles. The van der Waals surface area contributed by atoms with E-state index in [0.29, 0.717) is 12.0 Å². The number of hydrogen-bond acceptors (Lipinski definition) is 4. The third-order valence-electron chi connectivity index (χ3n) is 5.59. The van der Waals surface area contributed by atoms with Crippen LogP contribution < -0.4 is 10.1 Å². The number of likely N-dealkylation sites (N-methyl/N-ethyl adjacent to an activating group) is 1. The first-order valence-electron chi connectivity index (χ1n) is 9.94. The maximum absolute atomic E-state index is 6.15. The smallest absolute Gasteiger partial charge is 0.119 e. The van der Waals surface area contributed by atoms with Crippen LogP contribution in [0.3, 0.4) is 0 Å². The van der Waals surface area contributed by atoms with Crippen molar-refractivity contribution in [1.82, 2.24) is 15.1 Å². The second-order valence-corrected chi connectivity index (χ2v) is 8.14. The Kier molecular flexibility index (Phi) is 6.74. The van der Waals surface area contributed by atoms with Crippen LogP contribution in [0.15, 0.2) is 18.2 Å². The van der Waals surface area contributed by atoms with Gasteiger partial charge in [0, 0.05) is 31.6 Å². The molecule has 4 nitrogen and oxygen atoms in total. The number of piperidine rings is 1. The molecule has 0 bridgehead atoms. The van der Waals surface area contributed by atoms with Gasteiger partial charge >= 0.3 is 0 Å². The maximum atomic E-state index is 6.15. The van der Waals surface area contributed by atoms with Crippen LogP contribution in [0.5, 0.6) is 5.75 Å². The van der Waals surface area contributed by atoms with Crippen molar-refractivity contribution in [3.05, 3.63) is 29.3 Å². The van der Waals surface area contributed by atoms with Gasteiger partial charge < -0.3 is 19.9 Å². The second-order valence-electron chi connectivity index (χ2n) is 8.14. The van der Waals surface area contributed by atoms with E-state index in [1.807, 2.05) is 0 Å². The minimum atomic E-state index is 0.504. The van der Waals surface area contributed by atoms with Crippen molar-refractivity contribution in [2.75, 3.05) is 53.9 Å². The molecule has 1 saturated heterocycles. The Morgan fingerprint density at radius 3 is 2.92 bits per heavy atom. The Morgan fingerprint density at radius 2 is 2.12 bits per heavy atom. The highest BCUT2D eigenvalue weighted by Crippen LogP contribution is 2.32. The zero-order valence-electron chi connectivity index (χ0n) is 16.3. The SMILES string of the molecule is CN(C)CCNC1CCCc2cc(OCC3CCCN(C)C3)ccc21. The van der Waals surface area contributed by atoms with Crippen molar-refractivity contribution in [2.24, 2.45) is 5.92 Å². The van der Waals surface area contributed by atoms with Crippen LogP contribution in [0.1, 0.15) is 42.9 Å². The number of nitrogens with one attached hydrogen (secondary N) is 1. The average Bonchev–Trinajstić information content (AvgIpc) is 2.60. The molecule has 3 rings (SSSR count). The predicted molar refractivity (Wildman–Crippen MR) is 104 cm³/mol. The Morgan fingerprint density at radius 1 is 1.24 bits per heavy atom. The number of rotatable bonds is 7. The van der Waals surface area contributed by atoms with Crippen molar-refractivity contribution >= 4 is 0 Å². The zero-order chi connectivity index (χ0) is 17.6. The number of aryl methyl sites for hydroxylation is 1. The molecule has 2 atom stereocenters. The molecule has 1 heterocycles. The lowest BCUT2D eigenvalue weighted by molar-refractivity contribution is 0.150. The van der Waals surface area contributed by atoms with E-state index >= 15 is 0 Å². The summed E-state index contributed by atoms with van der Waals surface area (Å²) >= 11 is 0. The summed E-state index contributed by atoms with van der Waals surface area (Å²) in [6, 6.07) is 7.27. The van der Waals surface area contributed by atoms with Crippen LogP contribution in [-0.2, 0) is 6.42 Å². The highest BCUT2D eigenvalue weighted by atomic mass is 16.5. The predicted octanol–water partition coefficient (Wildman–Crippen LogP) is 2.94. The Hall–Kier alpha value is -1.10. The summed E-state index contributed by atoms with van der Waals surface area (Å²) in [5.74, 6) is 1.73. The van der Waals surface area contributed by atoms with E-state index in [0.717, 1.165) is 25.4 Å². The first-order valence-corrected chi connectivity index (χ1v) is 9.94. The molecule has 0 spiro atoms. The quantitative estimate of drug-likeness (QED) is 0.822. The molecule has 0 saturated carbocycles. The zero-order valence-corrected chi connectivity index (χ0v) is 16.3. The fourth-order valence-electron chi connectivity index (χ4n) is 4.18. The lowest BCUT2D eigenvalue weighted by Gasteiger charge is -2.30. The fraction of sp³-hybridized carbons (Fsp3) is 0.714. The first kappa shape index (κ1) is 18.7. The third kappa shape index (κ3) is 5.44. The lowest BCUT2D eigenvalue weighted by Crippen LogP contribution is -2.34. The van der Waals surface area contributed by atoms with Gasteiger partial charge in [0.1, 0.15) is 5.75 Å². The highest BCUT2D eigenvalue weighted by Gasteiger charge is 2.21. The third-order valence-corrected chi connectivity index (χ3v) is 5.59.